The summed E-state index contributed by atoms with van der Waals surface area (Å²) in [6.07, 6.45) is 7.06. The van der Waals surface area contributed by atoms with Crippen LogP contribution in [0.15, 0.2) is 18.2 Å². The predicted octanol–water partition coefficient (Wildman–Crippen LogP) is 4.90. The molecule has 0 radical (unpaired) electrons. The molecule has 1 aromatic rings. The number of rotatable bonds is 9. The Morgan fingerprint density at radius 3 is 2.23 bits per heavy atom. The summed E-state index contributed by atoms with van der Waals surface area (Å²) >= 11 is 1.60. The summed E-state index contributed by atoms with van der Waals surface area (Å²) in [5.74, 6) is 0.189. The second-order valence-corrected chi connectivity index (χ2v) is 11.6. The number of hydrogen-bond acceptors (Lipinski definition) is 5. The lowest BCUT2D eigenvalue weighted by atomic mass is 9.94. The maximum atomic E-state index is 13.7. The van der Waals surface area contributed by atoms with Crippen LogP contribution in [-0.2, 0) is 14.3 Å². The van der Waals surface area contributed by atoms with Crippen molar-refractivity contribution in [3.63, 3.8) is 0 Å². The van der Waals surface area contributed by atoms with Gasteiger partial charge in [0.2, 0.25) is 11.8 Å². The molecule has 1 fully saturated rings. The monoisotopic (exact) mass is 505 g/mol. The molecule has 7 nitrogen and oxygen atoms in total. The fourth-order valence-electron chi connectivity index (χ4n) is 4.56. The van der Waals surface area contributed by atoms with Gasteiger partial charge >= 0.3 is 6.09 Å². The summed E-state index contributed by atoms with van der Waals surface area (Å²) in [5.41, 5.74) is 2.15. The summed E-state index contributed by atoms with van der Waals surface area (Å²) in [6, 6.07) is 4.51. The van der Waals surface area contributed by atoms with E-state index in [4.69, 9.17) is 4.74 Å². The number of amides is 3. The summed E-state index contributed by atoms with van der Waals surface area (Å²) in [6.45, 7) is 9.31. The summed E-state index contributed by atoms with van der Waals surface area (Å²) in [5, 5.41) is 5.94. The first-order valence-electron chi connectivity index (χ1n) is 12.5. The van der Waals surface area contributed by atoms with E-state index in [1.54, 1.807) is 39.6 Å². The molecule has 2 N–H and O–H groups in total. The highest BCUT2D eigenvalue weighted by Gasteiger charge is 2.35. The molecule has 8 heteroatoms. The third-order valence-electron chi connectivity index (χ3n) is 6.09. The summed E-state index contributed by atoms with van der Waals surface area (Å²) in [4.78, 5) is 41.3. The summed E-state index contributed by atoms with van der Waals surface area (Å²) in [7, 11) is 1.65. The molecule has 2 unspecified atom stereocenters. The second kappa shape index (κ2) is 13.2. The van der Waals surface area contributed by atoms with Gasteiger partial charge in [-0.05, 0) is 71.5 Å². The molecule has 3 amide bonds. The predicted molar refractivity (Wildman–Crippen MR) is 143 cm³/mol. The minimum atomic E-state index is -0.793. The largest absolute Gasteiger partial charge is 0.444 e. The Bertz CT molecular complexity index is 857. The second-order valence-electron chi connectivity index (χ2n) is 10.6. The van der Waals surface area contributed by atoms with Crippen LogP contribution < -0.4 is 10.6 Å². The number of carbonyl (C=O) groups is 3. The lowest BCUT2D eigenvalue weighted by Gasteiger charge is -2.33. The lowest BCUT2D eigenvalue weighted by Crippen LogP contribution is -2.52. The maximum absolute atomic E-state index is 13.7. The van der Waals surface area contributed by atoms with Crippen molar-refractivity contribution in [3.8, 4) is 0 Å². The third kappa shape index (κ3) is 9.39. The Kier molecular flexibility index (Phi) is 10.9. The fourth-order valence-corrected chi connectivity index (χ4v) is 5.03. The Hall–Kier alpha value is -2.22. The zero-order valence-electron chi connectivity index (χ0n) is 22.4. The van der Waals surface area contributed by atoms with E-state index < -0.39 is 23.8 Å². The highest BCUT2D eigenvalue weighted by atomic mass is 32.2. The zero-order chi connectivity index (χ0) is 26.2. The first-order valence-corrected chi connectivity index (χ1v) is 13.9. The number of aryl methyl sites for hydroxylation is 2. The van der Waals surface area contributed by atoms with Crippen LogP contribution in [0.2, 0.25) is 0 Å². The fraction of sp³-hybridized carbons (Fsp3) is 0.667. The van der Waals surface area contributed by atoms with Crippen LogP contribution >= 0.6 is 11.8 Å². The molecule has 196 valence electrons. The van der Waals surface area contributed by atoms with Crippen LogP contribution in [0, 0.1) is 13.8 Å². The molecule has 2 atom stereocenters. The van der Waals surface area contributed by atoms with E-state index in [9.17, 15) is 14.4 Å². The Labute approximate surface area is 215 Å². The SMILES string of the molecule is CSCCC(NC(=O)OC(C)(C)C)C(=O)N(C)C(C(=O)NC1CCCCC1)c1cc(C)cc(C)c1. The van der Waals surface area contributed by atoms with Crippen molar-refractivity contribution in [2.75, 3.05) is 19.1 Å². The van der Waals surface area contributed by atoms with Crippen molar-refractivity contribution < 1.29 is 19.1 Å². The van der Waals surface area contributed by atoms with Gasteiger partial charge in [-0.3, -0.25) is 9.59 Å². The van der Waals surface area contributed by atoms with Gasteiger partial charge in [-0.25, -0.2) is 4.79 Å². The maximum Gasteiger partial charge on any atom is 0.408 e. The molecule has 1 aliphatic rings. The number of benzene rings is 1. The standard InChI is InChI=1S/C27H43N3O4S/c1-18-15-19(2)17-20(16-18)23(24(31)28-21-11-9-8-10-12-21)30(6)25(32)22(13-14-35-7)29-26(33)34-27(3,4)5/h15-17,21-23H,8-14H2,1-7H3,(H,28,31)(H,29,33). The number of nitrogens with zero attached hydrogens (tertiary/aromatic N) is 1. The number of ether oxygens (including phenoxy) is 1. The van der Waals surface area contributed by atoms with Crippen molar-refractivity contribution in [1.29, 1.82) is 0 Å². The van der Waals surface area contributed by atoms with Gasteiger partial charge in [0.15, 0.2) is 0 Å². The van der Waals surface area contributed by atoms with Crippen LogP contribution in [-0.4, -0.2) is 59.5 Å². The van der Waals surface area contributed by atoms with Crippen LogP contribution in [0.25, 0.3) is 0 Å². The number of likely N-dealkylation sites (N-methyl/N-ethyl adjacent to an activating group) is 1. The van der Waals surface area contributed by atoms with Crippen LogP contribution in [0.4, 0.5) is 4.79 Å². The van der Waals surface area contributed by atoms with Crippen LogP contribution in [0.1, 0.15) is 82.0 Å². The normalized spacial score (nSPS) is 16.2. The molecule has 0 spiro atoms. The molecule has 0 bridgehead atoms. The topological polar surface area (TPSA) is 87.7 Å². The molecule has 1 aromatic carbocycles. The average molecular weight is 506 g/mol. The number of thioether (sulfide) groups is 1. The van der Waals surface area contributed by atoms with Gasteiger partial charge in [0.05, 0.1) is 0 Å². The first-order chi connectivity index (χ1) is 16.4. The van der Waals surface area contributed by atoms with E-state index >= 15 is 0 Å². The Morgan fingerprint density at radius 2 is 1.69 bits per heavy atom. The molecule has 2 rings (SSSR count). The number of carbonyl (C=O) groups excluding carboxylic acids is 3. The molecular formula is C27H43N3O4S. The van der Waals surface area contributed by atoms with Crippen LogP contribution in [0.3, 0.4) is 0 Å². The smallest absolute Gasteiger partial charge is 0.408 e. The van der Waals surface area contributed by atoms with Crippen molar-refractivity contribution >= 4 is 29.7 Å². The minimum absolute atomic E-state index is 0.125. The highest BCUT2D eigenvalue weighted by Crippen LogP contribution is 2.26. The van der Waals surface area contributed by atoms with E-state index in [1.165, 1.54) is 11.3 Å². The molecule has 0 aromatic heterocycles. The van der Waals surface area contributed by atoms with Gasteiger partial charge in [0.25, 0.3) is 0 Å². The number of nitrogens with one attached hydrogen (secondary N) is 2. The van der Waals surface area contributed by atoms with Crippen molar-refractivity contribution in [1.82, 2.24) is 15.5 Å². The Morgan fingerprint density at radius 1 is 1.09 bits per heavy atom. The van der Waals surface area contributed by atoms with Crippen molar-refractivity contribution in [2.24, 2.45) is 0 Å². The molecule has 35 heavy (non-hydrogen) atoms. The van der Waals surface area contributed by atoms with Gasteiger partial charge in [-0.15, -0.1) is 0 Å². The van der Waals surface area contributed by atoms with Gasteiger partial charge in [0, 0.05) is 13.1 Å². The minimum Gasteiger partial charge on any atom is -0.444 e. The molecule has 0 heterocycles. The van der Waals surface area contributed by atoms with E-state index in [-0.39, 0.29) is 17.9 Å². The van der Waals surface area contributed by atoms with E-state index in [2.05, 4.69) is 10.6 Å². The van der Waals surface area contributed by atoms with Crippen molar-refractivity contribution in [2.45, 2.75) is 96.9 Å². The van der Waals surface area contributed by atoms with Gasteiger partial charge in [-0.2, -0.15) is 11.8 Å². The van der Waals surface area contributed by atoms with Gasteiger partial charge in [0.1, 0.15) is 17.7 Å². The van der Waals surface area contributed by atoms with Crippen molar-refractivity contribution in [3.05, 3.63) is 34.9 Å². The summed E-state index contributed by atoms with van der Waals surface area (Å²) < 4.78 is 5.40. The molecular weight excluding hydrogens is 462 g/mol. The number of hydrogen-bond donors (Lipinski definition) is 2. The van der Waals surface area contributed by atoms with Gasteiger partial charge in [-0.1, -0.05) is 48.6 Å². The van der Waals surface area contributed by atoms with E-state index in [0.717, 1.165) is 42.4 Å². The van der Waals surface area contributed by atoms with E-state index in [0.29, 0.717) is 12.2 Å². The first kappa shape index (κ1) is 29.0. The molecule has 1 saturated carbocycles. The molecule has 0 aliphatic heterocycles. The van der Waals surface area contributed by atoms with Crippen LogP contribution in [0.5, 0.6) is 0 Å². The highest BCUT2D eigenvalue weighted by molar-refractivity contribution is 7.98. The molecule has 1 aliphatic carbocycles. The van der Waals surface area contributed by atoms with E-state index in [1.807, 2.05) is 38.3 Å². The van der Waals surface area contributed by atoms with Gasteiger partial charge < -0.3 is 20.3 Å². The Balaban J connectivity index is 2.33. The third-order valence-corrected chi connectivity index (χ3v) is 6.74. The molecule has 0 saturated heterocycles. The lowest BCUT2D eigenvalue weighted by molar-refractivity contribution is -0.141. The zero-order valence-corrected chi connectivity index (χ0v) is 23.2. The number of alkyl carbamates (subject to hydrolysis) is 1. The quantitative estimate of drug-likeness (QED) is 0.499. The average Bonchev–Trinajstić information content (AvgIpc) is 2.75.